The molecule has 1 saturated carbocycles. The van der Waals surface area contributed by atoms with Crippen LogP contribution in [0.4, 0.5) is 10.7 Å². The average Bonchev–Trinajstić information content (AvgIpc) is 2.99. The predicted molar refractivity (Wildman–Crippen MR) is 83.9 cm³/mol. The first-order valence-corrected chi connectivity index (χ1v) is 7.76. The number of esters is 1. The fourth-order valence-electron chi connectivity index (χ4n) is 2.00. The van der Waals surface area contributed by atoms with Crippen LogP contribution >= 0.6 is 11.3 Å². The molecular formula is C14H21N3O3S. The number of nitrogen functional groups attached to an aromatic ring is 1. The van der Waals surface area contributed by atoms with E-state index >= 15 is 0 Å². The van der Waals surface area contributed by atoms with Gasteiger partial charge in [-0.3, -0.25) is 4.79 Å². The van der Waals surface area contributed by atoms with Crippen LogP contribution < -0.4 is 11.1 Å². The molecule has 0 aliphatic heterocycles. The zero-order valence-corrected chi connectivity index (χ0v) is 13.5. The Morgan fingerprint density at radius 1 is 1.48 bits per heavy atom. The van der Waals surface area contributed by atoms with E-state index in [0.717, 1.165) is 6.42 Å². The lowest BCUT2D eigenvalue weighted by atomic mass is 10.2. The Bertz CT molecular complexity index is 568. The molecular weight excluding hydrogens is 290 g/mol. The van der Waals surface area contributed by atoms with Crippen molar-refractivity contribution in [1.29, 1.82) is 0 Å². The van der Waals surface area contributed by atoms with E-state index in [-0.39, 0.29) is 23.8 Å². The maximum Gasteiger partial charge on any atom is 0.343 e. The summed E-state index contributed by atoms with van der Waals surface area (Å²) in [6, 6.07) is 0.332. The lowest BCUT2D eigenvalue weighted by Crippen LogP contribution is -2.21. The van der Waals surface area contributed by atoms with Crippen LogP contribution in [0.2, 0.25) is 0 Å². The number of carbonyl (C=O) groups excluding carboxylic acids is 2. The van der Waals surface area contributed by atoms with Crippen LogP contribution in [0.1, 0.15) is 40.3 Å². The van der Waals surface area contributed by atoms with Gasteiger partial charge in [-0.05, 0) is 19.3 Å². The summed E-state index contributed by atoms with van der Waals surface area (Å²) in [6.45, 7) is 4.14. The van der Waals surface area contributed by atoms with Crippen molar-refractivity contribution in [1.82, 2.24) is 4.90 Å². The fourth-order valence-corrected chi connectivity index (χ4v) is 3.20. The smallest absolute Gasteiger partial charge is 0.343 e. The molecule has 2 atom stereocenters. The highest BCUT2D eigenvalue weighted by atomic mass is 32.1. The van der Waals surface area contributed by atoms with Crippen molar-refractivity contribution in [2.24, 2.45) is 5.92 Å². The number of anilines is 2. The molecule has 3 N–H and O–H groups in total. The highest BCUT2D eigenvalue weighted by molar-refractivity contribution is 7.19. The van der Waals surface area contributed by atoms with Gasteiger partial charge in [-0.25, -0.2) is 4.79 Å². The van der Waals surface area contributed by atoms with Crippen LogP contribution in [0.5, 0.6) is 0 Å². The topological polar surface area (TPSA) is 84.7 Å². The molecule has 0 bridgehead atoms. The molecule has 0 radical (unpaired) electrons. The second-order valence-corrected chi connectivity index (χ2v) is 6.45. The SMILES string of the molecule is CCOC(=O)c1c(NC2CC2C)sc(C(=O)N(C)C)c1N. The summed E-state index contributed by atoms with van der Waals surface area (Å²) >= 11 is 1.22. The Balaban J connectivity index is 2.38. The summed E-state index contributed by atoms with van der Waals surface area (Å²) < 4.78 is 5.05. The van der Waals surface area contributed by atoms with Gasteiger partial charge in [0.25, 0.3) is 5.91 Å². The molecule has 21 heavy (non-hydrogen) atoms. The number of thiophene rings is 1. The number of nitrogens with one attached hydrogen (secondary N) is 1. The van der Waals surface area contributed by atoms with Crippen molar-refractivity contribution >= 4 is 33.9 Å². The first-order valence-electron chi connectivity index (χ1n) is 6.94. The normalized spacial score (nSPS) is 20.0. The lowest BCUT2D eigenvalue weighted by Gasteiger charge is -2.09. The van der Waals surface area contributed by atoms with Crippen molar-refractivity contribution in [3.8, 4) is 0 Å². The largest absolute Gasteiger partial charge is 0.462 e. The van der Waals surface area contributed by atoms with Crippen LogP contribution in [0.15, 0.2) is 0 Å². The van der Waals surface area contributed by atoms with E-state index in [4.69, 9.17) is 10.5 Å². The summed E-state index contributed by atoms with van der Waals surface area (Å²) in [5.41, 5.74) is 6.51. The minimum absolute atomic E-state index is 0.202. The van der Waals surface area contributed by atoms with Crippen LogP contribution in [-0.2, 0) is 4.74 Å². The third kappa shape index (κ3) is 3.12. The molecule has 1 heterocycles. The van der Waals surface area contributed by atoms with Crippen LogP contribution in [0.25, 0.3) is 0 Å². The number of carbonyl (C=O) groups is 2. The molecule has 1 fully saturated rings. The van der Waals surface area contributed by atoms with Crippen molar-refractivity contribution in [2.75, 3.05) is 31.8 Å². The maximum absolute atomic E-state index is 12.2. The highest BCUT2D eigenvalue weighted by Crippen LogP contribution is 2.41. The first kappa shape index (κ1) is 15.6. The summed E-state index contributed by atoms with van der Waals surface area (Å²) in [7, 11) is 3.31. The monoisotopic (exact) mass is 311 g/mol. The Kier molecular flexibility index (Phi) is 4.41. The summed E-state index contributed by atoms with van der Waals surface area (Å²) in [6.07, 6.45) is 1.05. The van der Waals surface area contributed by atoms with Gasteiger partial charge in [0.15, 0.2) is 0 Å². The van der Waals surface area contributed by atoms with Gasteiger partial charge in [0.1, 0.15) is 15.4 Å². The van der Waals surface area contributed by atoms with Crippen molar-refractivity contribution < 1.29 is 14.3 Å². The van der Waals surface area contributed by atoms with Crippen LogP contribution in [0, 0.1) is 5.92 Å². The fraction of sp³-hybridized carbons (Fsp3) is 0.571. The molecule has 2 unspecified atom stereocenters. The van der Waals surface area contributed by atoms with E-state index in [9.17, 15) is 9.59 Å². The van der Waals surface area contributed by atoms with Gasteiger partial charge >= 0.3 is 5.97 Å². The maximum atomic E-state index is 12.2. The number of nitrogens with two attached hydrogens (primary N) is 1. The predicted octanol–water partition coefficient (Wildman–Crippen LogP) is 2.03. The molecule has 1 amide bonds. The van der Waals surface area contributed by atoms with Crippen molar-refractivity contribution in [3.63, 3.8) is 0 Å². The molecule has 1 aromatic rings. The van der Waals surface area contributed by atoms with Gasteiger partial charge in [-0.1, -0.05) is 6.92 Å². The van der Waals surface area contributed by atoms with Crippen LogP contribution in [-0.4, -0.2) is 43.5 Å². The molecule has 7 heteroatoms. The van der Waals surface area contributed by atoms with Gasteiger partial charge in [-0.2, -0.15) is 0 Å². The first-order chi connectivity index (χ1) is 9.86. The zero-order chi connectivity index (χ0) is 15.7. The second kappa shape index (κ2) is 5.93. The molecule has 1 aliphatic carbocycles. The van der Waals surface area contributed by atoms with Gasteiger partial charge in [-0.15, -0.1) is 11.3 Å². The van der Waals surface area contributed by atoms with Gasteiger partial charge in [0, 0.05) is 20.1 Å². The minimum atomic E-state index is -0.486. The lowest BCUT2D eigenvalue weighted by molar-refractivity contribution is 0.0529. The van der Waals surface area contributed by atoms with Gasteiger partial charge in [0.05, 0.1) is 12.3 Å². The molecule has 1 aliphatic rings. The van der Waals surface area contributed by atoms with E-state index in [1.165, 1.54) is 16.2 Å². The Morgan fingerprint density at radius 3 is 2.57 bits per heavy atom. The van der Waals surface area contributed by atoms with Gasteiger partial charge < -0.3 is 20.7 Å². The summed E-state index contributed by atoms with van der Waals surface area (Å²) in [5.74, 6) is -0.129. The molecule has 116 valence electrons. The molecule has 2 rings (SSSR count). The quantitative estimate of drug-likeness (QED) is 0.813. The third-order valence-corrected chi connectivity index (χ3v) is 4.58. The highest BCUT2D eigenvalue weighted by Gasteiger charge is 2.35. The van der Waals surface area contributed by atoms with Gasteiger partial charge in [0.2, 0.25) is 0 Å². The number of ether oxygens (including phenoxy) is 1. The number of hydrogen-bond donors (Lipinski definition) is 2. The molecule has 0 saturated heterocycles. The number of hydrogen-bond acceptors (Lipinski definition) is 6. The Morgan fingerprint density at radius 2 is 2.10 bits per heavy atom. The summed E-state index contributed by atoms with van der Waals surface area (Å²) in [4.78, 5) is 26.1. The zero-order valence-electron chi connectivity index (χ0n) is 12.7. The van der Waals surface area contributed by atoms with Crippen LogP contribution in [0.3, 0.4) is 0 Å². The number of amides is 1. The average molecular weight is 311 g/mol. The standard InChI is InChI=1S/C14H21N3O3S/c1-5-20-14(19)9-10(15)11(13(18)17(3)4)21-12(9)16-8-6-7(8)2/h7-8,16H,5-6,15H2,1-4H3. The molecule has 1 aromatic heterocycles. The van der Waals surface area contributed by atoms with E-state index in [2.05, 4.69) is 12.2 Å². The third-order valence-electron chi connectivity index (χ3n) is 3.45. The van der Waals surface area contributed by atoms with E-state index in [1.54, 1.807) is 21.0 Å². The van der Waals surface area contributed by atoms with E-state index in [1.807, 2.05) is 0 Å². The molecule has 6 nitrogen and oxygen atoms in total. The Labute approximate surface area is 128 Å². The van der Waals surface area contributed by atoms with Crippen molar-refractivity contribution in [3.05, 3.63) is 10.4 Å². The van der Waals surface area contributed by atoms with E-state index < -0.39 is 5.97 Å². The molecule has 0 aromatic carbocycles. The minimum Gasteiger partial charge on any atom is -0.462 e. The van der Waals surface area contributed by atoms with E-state index in [0.29, 0.717) is 21.8 Å². The second-order valence-electron chi connectivity index (χ2n) is 5.43. The molecule has 0 spiro atoms. The Hall–Kier alpha value is -1.76. The summed E-state index contributed by atoms with van der Waals surface area (Å²) in [5, 5.41) is 3.93. The number of nitrogens with zero attached hydrogens (tertiary/aromatic N) is 1. The van der Waals surface area contributed by atoms with Crippen molar-refractivity contribution in [2.45, 2.75) is 26.3 Å². The number of rotatable bonds is 5.